The van der Waals surface area contributed by atoms with E-state index < -0.39 is 0 Å². The van der Waals surface area contributed by atoms with Crippen LogP contribution in [0.3, 0.4) is 0 Å². The van der Waals surface area contributed by atoms with Gasteiger partial charge in [-0.05, 0) is 32.0 Å². The van der Waals surface area contributed by atoms with Gasteiger partial charge in [0.2, 0.25) is 0 Å². The molecule has 0 amide bonds. The number of nitrogens with one attached hydrogen (secondary N) is 1. The first-order valence-corrected chi connectivity index (χ1v) is 7.20. The lowest BCUT2D eigenvalue weighted by atomic mass is 10.3. The largest absolute Gasteiger partial charge is 0.380 e. The molecule has 0 fully saturated rings. The number of fused-ring (bicyclic) bond motifs is 1. The predicted octanol–water partition coefficient (Wildman–Crippen LogP) is 3.90. The minimum absolute atomic E-state index is 0.277. The molecule has 0 saturated carbocycles. The zero-order valence-electron chi connectivity index (χ0n) is 9.87. The fourth-order valence-electron chi connectivity index (χ4n) is 1.51. The molecule has 0 aliphatic rings. The lowest BCUT2D eigenvalue weighted by Gasteiger charge is -2.11. The Labute approximate surface area is 113 Å². The summed E-state index contributed by atoms with van der Waals surface area (Å²) in [5, 5.41) is 4.30. The maximum atomic E-state index is 5.37. The van der Waals surface area contributed by atoms with E-state index in [0.29, 0.717) is 6.61 Å². The number of rotatable bonds is 5. The summed E-state index contributed by atoms with van der Waals surface area (Å²) < 4.78 is 7.64. The standard InChI is InChI=1S/C12H15BrN2OS/c1-3-16-7-8(2)14-12-15-10-5-4-9(13)6-11(10)17-12/h4-6,8H,3,7H2,1-2H3,(H,14,15). The highest BCUT2D eigenvalue weighted by Crippen LogP contribution is 2.28. The second kappa shape index (κ2) is 5.80. The molecule has 0 spiro atoms. The number of ether oxygens (including phenoxy) is 1. The Hall–Kier alpha value is -0.650. The Morgan fingerprint density at radius 2 is 2.35 bits per heavy atom. The van der Waals surface area contributed by atoms with Crippen LogP contribution in [0.2, 0.25) is 0 Å². The fourth-order valence-corrected chi connectivity index (χ4v) is 3.04. The van der Waals surface area contributed by atoms with Crippen molar-refractivity contribution < 1.29 is 4.74 Å². The van der Waals surface area contributed by atoms with Crippen LogP contribution in [0.5, 0.6) is 0 Å². The van der Waals surface area contributed by atoms with Gasteiger partial charge in [-0.15, -0.1) is 0 Å². The normalized spacial score (nSPS) is 12.9. The molecule has 0 bridgehead atoms. The third-order valence-corrected chi connectivity index (χ3v) is 3.73. The highest BCUT2D eigenvalue weighted by Gasteiger charge is 2.07. The highest BCUT2D eigenvalue weighted by molar-refractivity contribution is 9.10. The summed E-state index contributed by atoms with van der Waals surface area (Å²) in [6.45, 7) is 5.55. The van der Waals surface area contributed by atoms with Crippen molar-refractivity contribution in [2.45, 2.75) is 19.9 Å². The Morgan fingerprint density at radius 1 is 1.53 bits per heavy atom. The average Bonchev–Trinajstić information content (AvgIpc) is 2.67. The first kappa shape index (κ1) is 12.8. The second-order valence-corrected chi connectivity index (χ2v) is 5.78. The van der Waals surface area contributed by atoms with Crippen molar-refractivity contribution in [1.29, 1.82) is 0 Å². The smallest absolute Gasteiger partial charge is 0.184 e. The SMILES string of the molecule is CCOCC(C)Nc1nc2ccc(Br)cc2s1. The molecule has 1 unspecified atom stereocenters. The average molecular weight is 315 g/mol. The number of aromatic nitrogens is 1. The summed E-state index contributed by atoms with van der Waals surface area (Å²) in [6, 6.07) is 6.40. The van der Waals surface area contributed by atoms with E-state index in [1.54, 1.807) is 11.3 Å². The molecule has 0 aliphatic heterocycles. The lowest BCUT2D eigenvalue weighted by molar-refractivity contribution is 0.141. The van der Waals surface area contributed by atoms with Crippen molar-refractivity contribution in [3.05, 3.63) is 22.7 Å². The van der Waals surface area contributed by atoms with Gasteiger partial charge in [-0.1, -0.05) is 27.3 Å². The number of anilines is 1. The summed E-state index contributed by atoms with van der Waals surface area (Å²) in [4.78, 5) is 4.53. The second-order valence-electron chi connectivity index (χ2n) is 3.84. The molecule has 0 saturated heterocycles. The predicted molar refractivity (Wildman–Crippen MR) is 76.9 cm³/mol. The lowest BCUT2D eigenvalue weighted by Crippen LogP contribution is -2.21. The van der Waals surface area contributed by atoms with E-state index >= 15 is 0 Å². The number of benzene rings is 1. The van der Waals surface area contributed by atoms with Gasteiger partial charge in [-0.2, -0.15) is 0 Å². The molecule has 1 atom stereocenters. The number of thiazole rings is 1. The first-order chi connectivity index (χ1) is 8.19. The van der Waals surface area contributed by atoms with Crippen LogP contribution in [0, 0.1) is 0 Å². The zero-order chi connectivity index (χ0) is 12.3. The Bertz CT molecular complexity index is 500. The number of hydrogen-bond acceptors (Lipinski definition) is 4. The Balaban J connectivity index is 2.08. The van der Waals surface area contributed by atoms with Gasteiger partial charge >= 0.3 is 0 Å². The van der Waals surface area contributed by atoms with Gasteiger partial charge in [-0.3, -0.25) is 0 Å². The van der Waals surface area contributed by atoms with E-state index in [9.17, 15) is 0 Å². The summed E-state index contributed by atoms with van der Waals surface area (Å²) in [7, 11) is 0. The van der Waals surface area contributed by atoms with E-state index in [1.807, 2.05) is 19.1 Å². The molecule has 3 nitrogen and oxygen atoms in total. The third-order valence-electron chi connectivity index (χ3n) is 2.29. The van der Waals surface area contributed by atoms with Crippen molar-refractivity contribution in [2.24, 2.45) is 0 Å². The van der Waals surface area contributed by atoms with Crippen molar-refractivity contribution in [1.82, 2.24) is 4.98 Å². The van der Waals surface area contributed by atoms with Crippen LogP contribution in [0.4, 0.5) is 5.13 Å². The summed E-state index contributed by atoms with van der Waals surface area (Å²) in [6.07, 6.45) is 0. The molecular weight excluding hydrogens is 300 g/mol. The van der Waals surface area contributed by atoms with Gasteiger partial charge in [0, 0.05) is 17.1 Å². The maximum absolute atomic E-state index is 5.37. The van der Waals surface area contributed by atoms with E-state index in [0.717, 1.165) is 21.7 Å². The van der Waals surface area contributed by atoms with Crippen molar-refractivity contribution in [2.75, 3.05) is 18.5 Å². The molecule has 0 aliphatic carbocycles. The van der Waals surface area contributed by atoms with E-state index in [1.165, 1.54) is 4.70 Å². The number of hydrogen-bond donors (Lipinski definition) is 1. The molecule has 1 aromatic carbocycles. The molecule has 17 heavy (non-hydrogen) atoms. The van der Waals surface area contributed by atoms with E-state index in [2.05, 4.69) is 39.2 Å². The van der Waals surface area contributed by atoms with Crippen LogP contribution < -0.4 is 5.32 Å². The highest BCUT2D eigenvalue weighted by atomic mass is 79.9. The van der Waals surface area contributed by atoms with Crippen molar-refractivity contribution >= 4 is 42.6 Å². The van der Waals surface area contributed by atoms with Gasteiger partial charge in [0.15, 0.2) is 5.13 Å². The Kier molecular flexibility index (Phi) is 4.36. The molecule has 1 aromatic heterocycles. The molecule has 0 radical (unpaired) electrons. The zero-order valence-corrected chi connectivity index (χ0v) is 12.3. The van der Waals surface area contributed by atoms with E-state index in [4.69, 9.17) is 4.74 Å². The van der Waals surface area contributed by atoms with Crippen molar-refractivity contribution in [3.63, 3.8) is 0 Å². The topological polar surface area (TPSA) is 34.1 Å². The van der Waals surface area contributed by atoms with Gasteiger partial charge in [0.1, 0.15) is 0 Å². The van der Waals surface area contributed by atoms with Gasteiger partial charge < -0.3 is 10.1 Å². The van der Waals surface area contributed by atoms with Gasteiger partial charge in [-0.25, -0.2) is 4.98 Å². The molecular formula is C12H15BrN2OS. The summed E-state index contributed by atoms with van der Waals surface area (Å²) in [5.74, 6) is 0. The van der Waals surface area contributed by atoms with Crippen LogP contribution >= 0.6 is 27.3 Å². The van der Waals surface area contributed by atoms with Crippen LogP contribution in [0.15, 0.2) is 22.7 Å². The molecule has 2 rings (SSSR count). The van der Waals surface area contributed by atoms with E-state index in [-0.39, 0.29) is 6.04 Å². The third kappa shape index (κ3) is 3.40. The Morgan fingerprint density at radius 3 is 3.12 bits per heavy atom. The quantitative estimate of drug-likeness (QED) is 0.909. The summed E-state index contributed by atoms with van der Waals surface area (Å²) in [5.41, 5.74) is 1.03. The molecule has 92 valence electrons. The van der Waals surface area contributed by atoms with Crippen LogP contribution in [0.1, 0.15) is 13.8 Å². The van der Waals surface area contributed by atoms with Crippen LogP contribution in [-0.4, -0.2) is 24.2 Å². The minimum atomic E-state index is 0.277. The maximum Gasteiger partial charge on any atom is 0.184 e. The first-order valence-electron chi connectivity index (χ1n) is 5.59. The minimum Gasteiger partial charge on any atom is -0.380 e. The molecule has 2 aromatic rings. The van der Waals surface area contributed by atoms with Crippen LogP contribution in [0.25, 0.3) is 10.2 Å². The molecule has 5 heteroatoms. The molecule has 1 N–H and O–H groups in total. The fraction of sp³-hybridized carbons (Fsp3) is 0.417. The van der Waals surface area contributed by atoms with Gasteiger partial charge in [0.25, 0.3) is 0 Å². The number of halogens is 1. The monoisotopic (exact) mass is 314 g/mol. The van der Waals surface area contributed by atoms with Crippen LogP contribution in [-0.2, 0) is 4.74 Å². The van der Waals surface area contributed by atoms with Crippen molar-refractivity contribution in [3.8, 4) is 0 Å². The summed E-state index contributed by atoms with van der Waals surface area (Å²) >= 11 is 5.13. The van der Waals surface area contributed by atoms with Gasteiger partial charge in [0.05, 0.1) is 16.8 Å². The molecule has 1 heterocycles. The number of nitrogens with zero attached hydrogens (tertiary/aromatic N) is 1.